The van der Waals surface area contributed by atoms with E-state index in [2.05, 4.69) is 15.5 Å². The van der Waals surface area contributed by atoms with Crippen LogP contribution in [0.3, 0.4) is 0 Å². The molecule has 0 aliphatic heterocycles. The van der Waals surface area contributed by atoms with Crippen LogP contribution in [0.2, 0.25) is 0 Å². The number of nitrogens with one attached hydrogen (secondary N) is 1. The maximum Gasteiger partial charge on any atom is 0.233 e. The molecular formula is C16H22N4O2S. The second-order valence-corrected chi connectivity index (χ2v) is 6.42. The molecular weight excluding hydrogens is 312 g/mol. The topological polar surface area (TPSA) is 69.0 Å². The second-order valence-electron chi connectivity index (χ2n) is 5.12. The van der Waals surface area contributed by atoms with Gasteiger partial charge in [0.2, 0.25) is 5.91 Å². The summed E-state index contributed by atoms with van der Waals surface area (Å²) in [5.41, 5.74) is 1.08. The zero-order valence-corrected chi connectivity index (χ0v) is 14.3. The molecule has 7 heteroatoms. The highest BCUT2D eigenvalue weighted by molar-refractivity contribution is 8.00. The third-order valence-electron chi connectivity index (χ3n) is 3.29. The van der Waals surface area contributed by atoms with Gasteiger partial charge in [-0.2, -0.15) is 0 Å². The van der Waals surface area contributed by atoms with E-state index in [9.17, 15) is 4.79 Å². The Balaban J connectivity index is 1.82. The fourth-order valence-corrected chi connectivity index (χ4v) is 2.88. The van der Waals surface area contributed by atoms with Crippen molar-refractivity contribution in [3.63, 3.8) is 0 Å². The zero-order chi connectivity index (χ0) is 16.5. The molecule has 0 saturated carbocycles. The van der Waals surface area contributed by atoms with E-state index in [4.69, 9.17) is 4.74 Å². The number of thioether (sulfide) groups is 1. The number of benzene rings is 1. The van der Waals surface area contributed by atoms with Crippen LogP contribution in [0.15, 0.2) is 41.8 Å². The Bertz CT molecular complexity index is 603. The maximum atomic E-state index is 12.2. The molecule has 1 amide bonds. The van der Waals surface area contributed by atoms with E-state index in [1.54, 1.807) is 13.4 Å². The lowest BCUT2D eigenvalue weighted by atomic mass is 10.2. The number of ether oxygens (including phenoxy) is 1. The molecule has 124 valence electrons. The summed E-state index contributed by atoms with van der Waals surface area (Å²) < 4.78 is 7.00. The van der Waals surface area contributed by atoms with Crippen LogP contribution in [0.1, 0.15) is 18.9 Å². The molecule has 0 radical (unpaired) electrons. The lowest BCUT2D eigenvalue weighted by Crippen LogP contribution is -2.30. The van der Waals surface area contributed by atoms with Gasteiger partial charge in [0, 0.05) is 26.8 Å². The summed E-state index contributed by atoms with van der Waals surface area (Å²) in [4.78, 5) is 12.2. The smallest absolute Gasteiger partial charge is 0.233 e. The number of rotatable bonds is 9. The van der Waals surface area contributed by atoms with Crippen LogP contribution in [-0.2, 0) is 22.6 Å². The van der Waals surface area contributed by atoms with E-state index in [0.717, 1.165) is 23.7 Å². The van der Waals surface area contributed by atoms with Crippen LogP contribution >= 0.6 is 11.8 Å². The predicted octanol–water partition coefficient (Wildman–Crippen LogP) is 2.11. The van der Waals surface area contributed by atoms with Crippen LogP contribution in [-0.4, -0.2) is 39.6 Å². The lowest BCUT2D eigenvalue weighted by Gasteiger charge is -2.12. The Hall–Kier alpha value is -1.86. The lowest BCUT2D eigenvalue weighted by molar-refractivity contribution is -0.120. The molecule has 0 saturated heterocycles. The number of carbonyl (C=O) groups excluding carboxylic acids is 1. The van der Waals surface area contributed by atoms with Gasteiger partial charge in [-0.25, -0.2) is 0 Å². The first-order chi connectivity index (χ1) is 11.2. The van der Waals surface area contributed by atoms with E-state index >= 15 is 0 Å². The Morgan fingerprint density at radius 1 is 1.39 bits per heavy atom. The first-order valence-electron chi connectivity index (χ1n) is 7.55. The van der Waals surface area contributed by atoms with Crippen molar-refractivity contribution in [3.8, 4) is 0 Å². The minimum atomic E-state index is -0.232. The van der Waals surface area contributed by atoms with Crippen LogP contribution in [0.5, 0.6) is 0 Å². The summed E-state index contributed by atoms with van der Waals surface area (Å²) >= 11 is 1.41. The molecule has 2 aromatic rings. The molecule has 1 aromatic carbocycles. The van der Waals surface area contributed by atoms with Gasteiger partial charge in [-0.1, -0.05) is 42.1 Å². The van der Waals surface area contributed by atoms with Crippen molar-refractivity contribution in [2.24, 2.45) is 0 Å². The highest BCUT2D eigenvalue weighted by atomic mass is 32.2. The third-order valence-corrected chi connectivity index (χ3v) is 4.38. The van der Waals surface area contributed by atoms with Crippen molar-refractivity contribution in [2.75, 3.05) is 13.7 Å². The number of amides is 1. The third kappa shape index (κ3) is 5.69. The molecule has 6 nitrogen and oxygen atoms in total. The maximum absolute atomic E-state index is 12.2. The number of carbonyl (C=O) groups is 1. The van der Waals surface area contributed by atoms with Crippen molar-refractivity contribution in [1.82, 2.24) is 20.1 Å². The first kappa shape index (κ1) is 17.5. The summed E-state index contributed by atoms with van der Waals surface area (Å²) in [6.07, 6.45) is 2.57. The van der Waals surface area contributed by atoms with Gasteiger partial charge in [-0.05, 0) is 18.9 Å². The Morgan fingerprint density at radius 2 is 2.17 bits per heavy atom. The highest BCUT2D eigenvalue weighted by Gasteiger charge is 2.17. The van der Waals surface area contributed by atoms with Gasteiger partial charge >= 0.3 is 0 Å². The van der Waals surface area contributed by atoms with Crippen LogP contribution in [0, 0.1) is 0 Å². The van der Waals surface area contributed by atoms with E-state index in [1.807, 2.05) is 41.8 Å². The molecule has 0 aliphatic carbocycles. The van der Waals surface area contributed by atoms with Crippen LogP contribution in [0.4, 0.5) is 0 Å². The summed E-state index contributed by atoms with van der Waals surface area (Å²) in [6.45, 7) is 3.88. The molecule has 2 rings (SSSR count). The molecule has 0 spiro atoms. The molecule has 0 bridgehead atoms. The molecule has 0 fully saturated rings. The summed E-state index contributed by atoms with van der Waals surface area (Å²) in [5, 5.41) is 11.5. The van der Waals surface area contributed by atoms with Crippen molar-refractivity contribution in [3.05, 3.63) is 42.2 Å². The zero-order valence-electron chi connectivity index (χ0n) is 13.4. The van der Waals surface area contributed by atoms with E-state index < -0.39 is 0 Å². The number of aromatic nitrogens is 3. The minimum Gasteiger partial charge on any atom is -0.385 e. The molecule has 1 unspecified atom stereocenters. The molecule has 23 heavy (non-hydrogen) atoms. The average molecular weight is 334 g/mol. The fraction of sp³-hybridized carbons (Fsp3) is 0.438. The van der Waals surface area contributed by atoms with Gasteiger partial charge in [0.05, 0.1) is 5.25 Å². The van der Waals surface area contributed by atoms with Crippen molar-refractivity contribution in [1.29, 1.82) is 0 Å². The number of aryl methyl sites for hydroxylation is 1. The second kappa shape index (κ2) is 9.32. The van der Waals surface area contributed by atoms with Gasteiger partial charge in [-0.15, -0.1) is 10.2 Å². The minimum absolute atomic E-state index is 0.00899. The number of methoxy groups -OCH3 is 1. The Morgan fingerprint density at radius 3 is 2.91 bits per heavy atom. The summed E-state index contributed by atoms with van der Waals surface area (Å²) in [5.74, 6) is -0.00899. The SMILES string of the molecule is COCCCn1cnnc1SC(C)C(=O)NCc1ccccc1. The van der Waals surface area contributed by atoms with Crippen LogP contribution in [0.25, 0.3) is 0 Å². The largest absolute Gasteiger partial charge is 0.385 e. The van der Waals surface area contributed by atoms with Crippen molar-refractivity contribution >= 4 is 17.7 Å². The Labute approximate surface area is 140 Å². The number of hydrogen-bond donors (Lipinski definition) is 1. The van der Waals surface area contributed by atoms with Gasteiger partial charge in [0.1, 0.15) is 6.33 Å². The number of hydrogen-bond acceptors (Lipinski definition) is 5. The molecule has 1 heterocycles. The summed E-state index contributed by atoms with van der Waals surface area (Å²) in [7, 11) is 1.68. The van der Waals surface area contributed by atoms with E-state index in [0.29, 0.717) is 13.2 Å². The molecule has 1 N–H and O–H groups in total. The normalized spacial score (nSPS) is 12.1. The molecule has 1 aromatic heterocycles. The van der Waals surface area contributed by atoms with Gasteiger partial charge in [0.25, 0.3) is 0 Å². The van der Waals surface area contributed by atoms with Crippen LogP contribution < -0.4 is 5.32 Å². The van der Waals surface area contributed by atoms with Crippen molar-refractivity contribution in [2.45, 2.75) is 36.8 Å². The number of nitrogens with zero attached hydrogens (tertiary/aromatic N) is 3. The molecule has 0 aliphatic rings. The Kier molecular flexibility index (Phi) is 7.09. The van der Waals surface area contributed by atoms with Gasteiger partial charge in [-0.3, -0.25) is 4.79 Å². The predicted molar refractivity (Wildman–Crippen MR) is 90.1 cm³/mol. The summed E-state index contributed by atoms with van der Waals surface area (Å²) in [6, 6.07) is 9.86. The fourth-order valence-electron chi connectivity index (χ4n) is 2.01. The van der Waals surface area contributed by atoms with Crippen molar-refractivity contribution < 1.29 is 9.53 Å². The standard InChI is InChI=1S/C16H22N4O2S/c1-13(15(21)17-11-14-7-4-3-5-8-14)23-16-19-18-12-20(16)9-6-10-22-2/h3-5,7-8,12-13H,6,9-11H2,1-2H3,(H,17,21). The average Bonchev–Trinajstić information content (AvgIpc) is 3.01. The monoisotopic (exact) mass is 334 g/mol. The van der Waals surface area contributed by atoms with Gasteiger partial charge in [0.15, 0.2) is 5.16 Å². The van der Waals surface area contributed by atoms with Gasteiger partial charge < -0.3 is 14.6 Å². The molecule has 1 atom stereocenters. The highest BCUT2D eigenvalue weighted by Crippen LogP contribution is 2.21. The van der Waals surface area contributed by atoms with E-state index in [-0.39, 0.29) is 11.2 Å². The van der Waals surface area contributed by atoms with E-state index in [1.165, 1.54) is 11.8 Å². The first-order valence-corrected chi connectivity index (χ1v) is 8.43. The quantitative estimate of drug-likeness (QED) is 0.562.